The molecule has 0 saturated carbocycles. The molecule has 0 bridgehead atoms. The molecular formula is C10H11BrF2O. The van der Waals surface area contributed by atoms with E-state index in [2.05, 4.69) is 15.9 Å². The van der Waals surface area contributed by atoms with E-state index < -0.39 is 12.3 Å². The fourth-order valence-corrected chi connectivity index (χ4v) is 1.91. The summed E-state index contributed by atoms with van der Waals surface area (Å²) in [6.07, 6.45) is -2.36. The van der Waals surface area contributed by atoms with Gasteiger partial charge in [-0.3, -0.25) is 0 Å². The molecule has 0 aliphatic rings. The smallest absolute Gasteiger partial charge is 0.245 e. The quantitative estimate of drug-likeness (QED) is 0.886. The number of halogens is 3. The molecule has 0 aliphatic carbocycles. The molecule has 1 aromatic rings. The summed E-state index contributed by atoms with van der Waals surface area (Å²) in [6.45, 7) is -0.226. The zero-order chi connectivity index (χ0) is 10.6. The molecule has 0 radical (unpaired) electrons. The Balaban J connectivity index is 2.93. The fraction of sp³-hybridized carbons (Fsp3) is 0.400. The van der Waals surface area contributed by atoms with Crippen LogP contribution in [0.4, 0.5) is 8.78 Å². The number of aliphatic hydroxyl groups is 1. The molecule has 1 atom stereocenters. The lowest BCUT2D eigenvalue weighted by Gasteiger charge is -2.16. The molecule has 0 saturated heterocycles. The first kappa shape index (κ1) is 11.6. The Labute approximate surface area is 89.9 Å². The first-order chi connectivity index (χ1) is 6.66. The van der Waals surface area contributed by atoms with Crippen LogP contribution < -0.4 is 0 Å². The van der Waals surface area contributed by atoms with Crippen molar-refractivity contribution in [1.29, 1.82) is 0 Å². The van der Waals surface area contributed by atoms with E-state index in [0.717, 1.165) is 0 Å². The van der Waals surface area contributed by atoms with Crippen molar-refractivity contribution in [3.8, 4) is 0 Å². The normalized spacial score (nSPS) is 13.2. The van der Waals surface area contributed by atoms with E-state index >= 15 is 0 Å². The van der Waals surface area contributed by atoms with Crippen LogP contribution in [-0.4, -0.2) is 18.1 Å². The van der Waals surface area contributed by atoms with E-state index in [-0.39, 0.29) is 13.0 Å². The van der Waals surface area contributed by atoms with E-state index in [0.29, 0.717) is 10.0 Å². The lowest BCUT2D eigenvalue weighted by atomic mass is 9.97. The fourth-order valence-electron chi connectivity index (χ4n) is 1.33. The number of hydrogen-bond donors (Lipinski definition) is 1. The molecule has 1 aromatic carbocycles. The Morgan fingerprint density at radius 3 is 2.43 bits per heavy atom. The van der Waals surface area contributed by atoms with Gasteiger partial charge in [-0.05, 0) is 18.1 Å². The maximum absolute atomic E-state index is 12.6. The molecule has 0 heterocycles. The monoisotopic (exact) mass is 264 g/mol. The summed E-state index contributed by atoms with van der Waals surface area (Å²) >= 11 is 3.22. The lowest BCUT2D eigenvalue weighted by Crippen LogP contribution is -2.11. The predicted molar refractivity (Wildman–Crippen MR) is 54.6 cm³/mol. The minimum atomic E-state index is -2.44. The minimum Gasteiger partial charge on any atom is -0.396 e. The van der Waals surface area contributed by atoms with Crippen LogP contribution in [0, 0.1) is 0 Å². The van der Waals surface area contributed by atoms with E-state index in [9.17, 15) is 8.78 Å². The summed E-state index contributed by atoms with van der Waals surface area (Å²) < 4.78 is 25.9. The van der Waals surface area contributed by atoms with Crippen molar-refractivity contribution < 1.29 is 13.9 Å². The average Bonchev–Trinajstić information content (AvgIpc) is 2.15. The Morgan fingerprint density at radius 2 is 1.93 bits per heavy atom. The first-order valence-electron chi connectivity index (χ1n) is 4.30. The van der Waals surface area contributed by atoms with Crippen LogP contribution in [0.25, 0.3) is 0 Å². The number of hydrogen-bond acceptors (Lipinski definition) is 1. The molecule has 14 heavy (non-hydrogen) atoms. The van der Waals surface area contributed by atoms with Crippen LogP contribution in [0.3, 0.4) is 0 Å². The third-order valence-electron chi connectivity index (χ3n) is 2.05. The maximum atomic E-state index is 12.6. The Kier molecular flexibility index (Phi) is 4.48. The molecule has 0 spiro atoms. The standard InChI is InChI=1S/C10H11BrF2O/c11-9-4-2-1-3-7(9)8(5-6-14)10(12)13/h1-4,8,10,14H,5-6H2. The van der Waals surface area contributed by atoms with Crippen molar-refractivity contribution >= 4 is 15.9 Å². The molecule has 1 nitrogen and oxygen atoms in total. The molecule has 1 N–H and O–H groups in total. The molecule has 1 rings (SSSR count). The highest BCUT2D eigenvalue weighted by molar-refractivity contribution is 9.10. The number of benzene rings is 1. The molecule has 0 fully saturated rings. The largest absolute Gasteiger partial charge is 0.396 e. The van der Waals surface area contributed by atoms with Gasteiger partial charge in [0.1, 0.15) is 0 Å². The van der Waals surface area contributed by atoms with E-state index in [1.54, 1.807) is 24.3 Å². The molecule has 4 heteroatoms. The van der Waals surface area contributed by atoms with Crippen molar-refractivity contribution in [2.45, 2.75) is 18.8 Å². The van der Waals surface area contributed by atoms with Gasteiger partial charge in [0.15, 0.2) is 0 Å². The lowest BCUT2D eigenvalue weighted by molar-refractivity contribution is 0.0985. The zero-order valence-electron chi connectivity index (χ0n) is 7.46. The van der Waals surface area contributed by atoms with Crippen LogP contribution in [0.2, 0.25) is 0 Å². The number of alkyl halides is 2. The zero-order valence-corrected chi connectivity index (χ0v) is 9.05. The van der Waals surface area contributed by atoms with E-state index in [1.165, 1.54) is 0 Å². The van der Waals surface area contributed by atoms with Gasteiger partial charge >= 0.3 is 0 Å². The van der Waals surface area contributed by atoms with Crippen molar-refractivity contribution in [3.63, 3.8) is 0 Å². The SMILES string of the molecule is OCCC(c1ccccc1Br)C(F)F. The second kappa shape index (κ2) is 5.41. The van der Waals surface area contributed by atoms with Gasteiger partial charge in [-0.2, -0.15) is 0 Å². The molecule has 0 aliphatic heterocycles. The van der Waals surface area contributed by atoms with Gasteiger partial charge < -0.3 is 5.11 Å². The molecular weight excluding hydrogens is 254 g/mol. The summed E-state index contributed by atoms with van der Waals surface area (Å²) in [5.74, 6) is -0.893. The highest BCUT2D eigenvalue weighted by atomic mass is 79.9. The van der Waals surface area contributed by atoms with Crippen LogP contribution in [0.5, 0.6) is 0 Å². The van der Waals surface area contributed by atoms with E-state index in [4.69, 9.17) is 5.11 Å². The summed E-state index contributed by atoms with van der Waals surface area (Å²) in [4.78, 5) is 0. The van der Waals surface area contributed by atoms with Crippen LogP contribution >= 0.6 is 15.9 Å². The van der Waals surface area contributed by atoms with Crippen LogP contribution in [-0.2, 0) is 0 Å². The Bertz CT molecular complexity index is 291. The molecule has 0 amide bonds. The summed E-state index contributed by atoms with van der Waals surface area (Å²) in [5, 5.41) is 8.69. The van der Waals surface area contributed by atoms with Gasteiger partial charge in [0.25, 0.3) is 0 Å². The second-order valence-corrected chi connectivity index (χ2v) is 3.83. The number of aliphatic hydroxyl groups excluding tert-OH is 1. The van der Waals surface area contributed by atoms with Gasteiger partial charge in [0, 0.05) is 17.0 Å². The summed E-state index contributed by atoms with van der Waals surface area (Å²) in [7, 11) is 0. The minimum absolute atomic E-state index is 0.0836. The third kappa shape index (κ3) is 2.75. The topological polar surface area (TPSA) is 20.2 Å². The van der Waals surface area contributed by atoms with E-state index in [1.807, 2.05) is 0 Å². The predicted octanol–water partition coefficient (Wildman–Crippen LogP) is 3.18. The van der Waals surface area contributed by atoms with Gasteiger partial charge in [0.2, 0.25) is 6.43 Å². The second-order valence-electron chi connectivity index (χ2n) is 2.97. The molecule has 0 aromatic heterocycles. The van der Waals surface area contributed by atoms with Crippen LogP contribution in [0.15, 0.2) is 28.7 Å². The van der Waals surface area contributed by atoms with Gasteiger partial charge in [-0.1, -0.05) is 34.1 Å². The maximum Gasteiger partial charge on any atom is 0.245 e. The van der Waals surface area contributed by atoms with Crippen molar-refractivity contribution in [2.75, 3.05) is 6.61 Å². The molecule has 78 valence electrons. The van der Waals surface area contributed by atoms with Crippen molar-refractivity contribution in [3.05, 3.63) is 34.3 Å². The highest BCUT2D eigenvalue weighted by Gasteiger charge is 2.23. The highest BCUT2D eigenvalue weighted by Crippen LogP contribution is 2.31. The first-order valence-corrected chi connectivity index (χ1v) is 5.09. The van der Waals surface area contributed by atoms with Crippen molar-refractivity contribution in [1.82, 2.24) is 0 Å². The average molecular weight is 265 g/mol. The third-order valence-corrected chi connectivity index (χ3v) is 2.77. The summed E-state index contributed by atoms with van der Waals surface area (Å²) in [5.41, 5.74) is 0.552. The van der Waals surface area contributed by atoms with Gasteiger partial charge in [-0.15, -0.1) is 0 Å². The summed E-state index contributed by atoms with van der Waals surface area (Å²) in [6, 6.07) is 6.86. The van der Waals surface area contributed by atoms with Gasteiger partial charge in [0.05, 0.1) is 0 Å². The van der Waals surface area contributed by atoms with Crippen LogP contribution in [0.1, 0.15) is 17.9 Å². The Hall–Kier alpha value is -0.480. The van der Waals surface area contributed by atoms with Gasteiger partial charge in [-0.25, -0.2) is 8.78 Å². The van der Waals surface area contributed by atoms with Crippen molar-refractivity contribution in [2.24, 2.45) is 0 Å². The Morgan fingerprint density at radius 1 is 1.29 bits per heavy atom. The molecule has 1 unspecified atom stereocenters. The number of rotatable bonds is 4.